The topological polar surface area (TPSA) is 56.7 Å². The number of benzene rings is 1. The number of rotatable bonds is 2. The highest BCUT2D eigenvalue weighted by Crippen LogP contribution is 2.29. The summed E-state index contributed by atoms with van der Waals surface area (Å²) in [5.74, 6) is 0.740. The van der Waals surface area contributed by atoms with Crippen molar-refractivity contribution < 1.29 is 0 Å². The lowest BCUT2D eigenvalue weighted by atomic mass is 10.0. The number of aromatic nitrogens is 3. The molecule has 0 fully saturated rings. The van der Waals surface area contributed by atoms with E-state index in [1.54, 1.807) is 10.9 Å². The van der Waals surface area contributed by atoms with Gasteiger partial charge in [0.15, 0.2) is 0 Å². The van der Waals surface area contributed by atoms with Crippen LogP contribution in [0.2, 0.25) is 0 Å². The molecule has 1 aromatic carbocycles. The number of hydrogen-bond donors (Lipinski definition) is 1. The predicted molar refractivity (Wildman–Crippen MR) is 77.7 cm³/mol. The first-order chi connectivity index (χ1) is 9.20. The number of hydrogen-bond acceptors (Lipinski definition) is 3. The van der Waals surface area contributed by atoms with Gasteiger partial charge in [-0.2, -0.15) is 5.10 Å². The highest BCUT2D eigenvalue weighted by atomic mass is 15.3. The molecule has 0 spiro atoms. The van der Waals surface area contributed by atoms with Crippen molar-refractivity contribution in [2.24, 2.45) is 7.05 Å². The molecule has 96 valence electrons. The number of pyridine rings is 1. The third kappa shape index (κ3) is 1.85. The van der Waals surface area contributed by atoms with E-state index >= 15 is 0 Å². The Balaban J connectivity index is 2.21. The van der Waals surface area contributed by atoms with E-state index in [9.17, 15) is 0 Å². The van der Waals surface area contributed by atoms with E-state index in [0.29, 0.717) is 0 Å². The maximum Gasteiger partial charge on any atom is 0.125 e. The number of fused-ring (bicyclic) bond motifs is 1. The van der Waals surface area contributed by atoms with Gasteiger partial charge in [-0.25, -0.2) is 0 Å². The van der Waals surface area contributed by atoms with Crippen LogP contribution in [0.15, 0.2) is 36.5 Å². The van der Waals surface area contributed by atoms with Gasteiger partial charge in [0.1, 0.15) is 5.82 Å². The van der Waals surface area contributed by atoms with Crippen LogP contribution >= 0.6 is 0 Å². The van der Waals surface area contributed by atoms with Gasteiger partial charge in [0.25, 0.3) is 0 Å². The maximum atomic E-state index is 6.05. The zero-order chi connectivity index (χ0) is 13.4. The van der Waals surface area contributed by atoms with E-state index in [0.717, 1.165) is 40.0 Å². The third-order valence-electron chi connectivity index (χ3n) is 3.42. The lowest BCUT2D eigenvalue weighted by molar-refractivity contribution is 0.782. The minimum absolute atomic E-state index is 0.740. The highest BCUT2D eigenvalue weighted by Gasteiger charge is 2.14. The van der Waals surface area contributed by atoms with Crippen LogP contribution in [0.5, 0.6) is 0 Å². The minimum atomic E-state index is 0.740. The molecule has 0 atom stereocenters. The Hall–Kier alpha value is -2.36. The lowest BCUT2D eigenvalue weighted by Crippen LogP contribution is -1.98. The first-order valence-electron chi connectivity index (χ1n) is 6.37. The molecule has 0 aliphatic rings. The van der Waals surface area contributed by atoms with Crippen LogP contribution < -0.4 is 5.73 Å². The quantitative estimate of drug-likeness (QED) is 0.763. The van der Waals surface area contributed by atoms with Gasteiger partial charge in [-0.3, -0.25) is 9.67 Å². The molecule has 3 aromatic rings. The van der Waals surface area contributed by atoms with Crippen molar-refractivity contribution in [1.82, 2.24) is 14.8 Å². The van der Waals surface area contributed by atoms with Gasteiger partial charge in [-0.1, -0.05) is 19.1 Å². The van der Waals surface area contributed by atoms with Crippen LogP contribution in [0.1, 0.15) is 12.5 Å². The summed E-state index contributed by atoms with van der Waals surface area (Å²) < 4.78 is 1.74. The molecule has 0 unspecified atom stereocenters. The number of nitrogens with two attached hydrogens (primary N) is 1. The van der Waals surface area contributed by atoms with E-state index in [2.05, 4.69) is 35.2 Å². The van der Waals surface area contributed by atoms with Crippen LogP contribution in [-0.4, -0.2) is 14.8 Å². The molecular weight excluding hydrogens is 236 g/mol. The molecule has 0 aliphatic carbocycles. The maximum absolute atomic E-state index is 6.05. The van der Waals surface area contributed by atoms with Crippen LogP contribution in [0, 0.1) is 0 Å². The molecule has 0 amide bonds. The smallest absolute Gasteiger partial charge is 0.125 e. The number of anilines is 1. The Bertz CT molecular complexity index is 743. The SMILES string of the molecule is CCc1c(-c2ccc3ncccc3c2)nn(C)c1N. The van der Waals surface area contributed by atoms with Crippen molar-refractivity contribution in [1.29, 1.82) is 0 Å². The molecule has 0 aliphatic heterocycles. The number of nitrogen functional groups attached to an aromatic ring is 1. The van der Waals surface area contributed by atoms with E-state index in [4.69, 9.17) is 5.73 Å². The summed E-state index contributed by atoms with van der Waals surface area (Å²) in [5, 5.41) is 5.65. The second-order valence-electron chi connectivity index (χ2n) is 4.60. The standard InChI is InChI=1S/C15H16N4/c1-3-12-14(18-19(2)15(12)16)11-6-7-13-10(9-11)5-4-8-17-13/h4-9H,3,16H2,1-2H3. The minimum Gasteiger partial charge on any atom is -0.384 e. The van der Waals surface area contributed by atoms with Gasteiger partial charge < -0.3 is 5.73 Å². The Morgan fingerprint density at radius 2 is 2.11 bits per heavy atom. The normalized spacial score (nSPS) is 11.1. The Labute approximate surface area is 111 Å². The molecule has 0 saturated carbocycles. The van der Waals surface area contributed by atoms with E-state index in [1.165, 1.54) is 0 Å². The van der Waals surface area contributed by atoms with Crippen LogP contribution in [0.25, 0.3) is 22.2 Å². The lowest BCUT2D eigenvalue weighted by Gasteiger charge is -2.03. The number of nitrogens with zero attached hydrogens (tertiary/aromatic N) is 3. The first kappa shape index (κ1) is 11.7. The van der Waals surface area contributed by atoms with Crippen molar-refractivity contribution >= 4 is 16.7 Å². The fourth-order valence-electron chi connectivity index (χ4n) is 2.38. The molecule has 4 heteroatoms. The van der Waals surface area contributed by atoms with Crippen molar-refractivity contribution in [3.05, 3.63) is 42.1 Å². The second-order valence-corrected chi connectivity index (χ2v) is 4.60. The van der Waals surface area contributed by atoms with Crippen molar-refractivity contribution in [3.8, 4) is 11.3 Å². The molecule has 19 heavy (non-hydrogen) atoms. The first-order valence-corrected chi connectivity index (χ1v) is 6.37. The fourth-order valence-corrected chi connectivity index (χ4v) is 2.38. The molecular formula is C15H16N4. The number of aryl methyl sites for hydroxylation is 1. The van der Waals surface area contributed by atoms with Crippen LogP contribution in [0.3, 0.4) is 0 Å². The zero-order valence-electron chi connectivity index (χ0n) is 11.1. The molecule has 3 rings (SSSR count). The molecule has 0 saturated heterocycles. The Morgan fingerprint density at radius 3 is 2.89 bits per heavy atom. The zero-order valence-corrected chi connectivity index (χ0v) is 11.1. The van der Waals surface area contributed by atoms with Crippen molar-refractivity contribution in [2.75, 3.05) is 5.73 Å². The summed E-state index contributed by atoms with van der Waals surface area (Å²) in [5.41, 5.74) is 10.2. The van der Waals surface area contributed by atoms with E-state index in [-0.39, 0.29) is 0 Å². The molecule has 4 nitrogen and oxygen atoms in total. The van der Waals surface area contributed by atoms with Crippen LogP contribution in [0.4, 0.5) is 5.82 Å². The Morgan fingerprint density at radius 1 is 1.26 bits per heavy atom. The highest BCUT2D eigenvalue weighted by molar-refractivity contribution is 5.84. The summed E-state index contributed by atoms with van der Waals surface area (Å²) in [4.78, 5) is 4.33. The Kier molecular flexibility index (Phi) is 2.71. The fraction of sp³-hybridized carbons (Fsp3) is 0.200. The molecule has 2 aromatic heterocycles. The summed E-state index contributed by atoms with van der Waals surface area (Å²) >= 11 is 0. The van der Waals surface area contributed by atoms with Crippen LogP contribution in [-0.2, 0) is 13.5 Å². The van der Waals surface area contributed by atoms with Gasteiger partial charge in [0.05, 0.1) is 11.2 Å². The third-order valence-corrected chi connectivity index (χ3v) is 3.42. The van der Waals surface area contributed by atoms with E-state index in [1.807, 2.05) is 19.2 Å². The predicted octanol–water partition coefficient (Wildman–Crippen LogP) is 2.78. The van der Waals surface area contributed by atoms with Gasteiger partial charge in [0, 0.05) is 29.8 Å². The summed E-state index contributed by atoms with van der Waals surface area (Å²) in [6.07, 6.45) is 2.68. The average molecular weight is 252 g/mol. The van der Waals surface area contributed by atoms with Gasteiger partial charge in [-0.15, -0.1) is 0 Å². The molecule has 0 bridgehead atoms. The van der Waals surface area contributed by atoms with E-state index < -0.39 is 0 Å². The second kappa shape index (κ2) is 4.39. The molecule has 0 radical (unpaired) electrons. The van der Waals surface area contributed by atoms with Gasteiger partial charge >= 0.3 is 0 Å². The molecule has 2 heterocycles. The molecule has 2 N–H and O–H groups in total. The monoisotopic (exact) mass is 252 g/mol. The summed E-state index contributed by atoms with van der Waals surface area (Å²) in [6, 6.07) is 10.2. The largest absolute Gasteiger partial charge is 0.384 e. The van der Waals surface area contributed by atoms with Gasteiger partial charge in [-0.05, 0) is 24.6 Å². The van der Waals surface area contributed by atoms with Crippen molar-refractivity contribution in [3.63, 3.8) is 0 Å². The average Bonchev–Trinajstić information content (AvgIpc) is 2.74. The van der Waals surface area contributed by atoms with Crippen molar-refractivity contribution in [2.45, 2.75) is 13.3 Å². The summed E-state index contributed by atoms with van der Waals surface area (Å²) in [7, 11) is 1.88. The summed E-state index contributed by atoms with van der Waals surface area (Å²) in [6.45, 7) is 2.10. The van der Waals surface area contributed by atoms with Gasteiger partial charge in [0.2, 0.25) is 0 Å².